The van der Waals surface area contributed by atoms with Crippen molar-refractivity contribution in [2.45, 2.75) is 31.7 Å². The van der Waals surface area contributed by atoms with Crippen LogP contribution in [-0.4, -0.2) is 28.0 Å². The van der Waals surface area contributed by atoms with Crippen LogP contribution in [0.1, 0.15) is 43.1 Å². The van der Waals surface area contributed by atoms with Crippen LogP contribution in [0.15, 0.2) is 54.6 Å². The normalized spacial score (nSPS) is 17.9. The van der Waals surface area contributed by atoms with E-state index in [2.05, 4.69) is 64.5 Å². The highest BCUT2D eigenvalue weighted by Gasteiger charge is 2.25. The van der Waals surface area contributed by atoms with Gasteiger partial charge in [0.2, 0.25) is 0 Å². The number of imidazole rings is 1. The van der Waals surface area contributed by atoms with Gasteiger partial charge in [-0.1, -0.05) is 55.3 Å². The molecule has 1 fully saturated rings. The van der Waals surface area contributed by atoms with Crippen molar-refractivity contribution in [3.63, 3.8) is 0 Å². The zero-order valence-electron chi connectivity index (χ0n) is 13.4. The Kier molecular flexibility index (Phi) is 4.12. The lowest BCUT2D eigenvalue weighted by Crippen LogP contribution is -2.31. The Morgan fingerprint density at radius 1 is 0.826 bits per heavy atom. The van der Waals surface area contributed by atoms with Crippen LogP contribution < -0.4 is 0 Å². The van der Waals surface area contributed by atoms with Gasteiger partial charge in [0.15, 0.2) is 0 Å². The number of fused-ring (bicyclic) bond motifs is 1. The maximum absolute atomic E-state index is 4.90. The minimum atomic E-state index is 0.224. The molecular formula is C20H23N3. The molecule has 1 atom stereocenters. The largest absolute Gasteiger partial charge is 0.340 e. The number of nitrogens with one attached hydrogen (secondary N) is 1. The molecule has 118 valence electrons. The van der Waals surface area contributed by atoms with Crippen molar-refractivity contribution >= 4 is 11.0 Å². The average molecular weight is 305 g/mol. The first-order valence-electron chi connectivity index (χ1n) is 8.65. The molecule has 1 aliphatic rings. The van der Waals surface area contributed by atoms with E-state index in [9.17, 15) is 0 Å². The van der Waals surface area contributed by atoms with Crippen LogP contribution in [0.25, 0.3) is 11.0 Å². The molecule has 1 N–H and O–H groups in total. The van der Waals surface area contributed by atoms with E-state index >= 15 is 0 Å². The summed E-state index contributed by atoms with van der Waals surface area (Å²) in [5, 5.41) is 0. The summed E-state index contributed by atoms with van der Waals surface area (Å²) >= 11 is 0. The van der Waals surface area contributed by atoms with Crippen molar-refractivity contribution in [3.8, 4) is 0 Å². The molecule has 3 aromatic rings. The van der Waals surface area contributed by atoms with Crippen molar-refractivity contribution in [3.05, 3.63) is 66.0 Å². The molecule has 2 heterocycles. The summed E-state index contributed by atoms with van der Waals surface area (Å²) in [6.07, 6.45) is 5.25. The lowest BCUT2D eigenvalue weighted by atomic mass is 10.0. The molecule has 4 rings (SSSR count). The fourth-order valence-electron chi connectivity index (χ4n) is 3.63. The third-order valence-corrected chi connectivity index (χ3v) is 4.79. The number of hydrogen-bond acceptors (Lipinski definition) is 2. The van der Waals surface area contributed by atoms with E-state index in [1.54, 1.807) is 0 Å². The van der Waals surface area contributed by atoms with Gasteiger partial charge in [-0.25, -0.2) is 4.98 Å². The predicted octanol–water partition coefficient (Wildman–Crippen LogP) is 4.53. The first-order chi connectivity index (χ1) is 11.4. The number of benzene rings is 2. The van der Waals surface area contributed by atoms with Crippen LogP contribution in [0, 0.1) is 0 Å². The van der Waals surface area contributed by atoms with Crippen molar-refractivity contribution in [2.24, 2.45) is 0 Å². The molecule has 1 aliphatic heterocycles. The van der Waals surface area contributed by atoms with Gasteiger partial charge in [0.05, 0.1) is 17.1 Å². The first-order valence-corrected chi connectivity index (χ1v) is 8.65. The predicted molar refractivity (Wildman–Crippen MR) is 94.4 cm³/mol. The van der Waals surface area contributed by atoms with Crippen LogP contribution in [0.5, 0.6) is 0 Å². The number of rotatable bonds is 3. The molecule has 0 spiro atoms. The number of aromatic nitrogens is 2. The van der Waals surface area contributed by atoms with Crippen molar-refractivity contribution in [2.75, 3.05) is 13.1 Å². The van der Waals surface area contributed by atoms with Crippen molar-refractivity contribution in [1.82, 2.24) is 14.9 Å². The Bertz CT molecular complexity index is 722. The number of H-pyrrole nitrogens is 1. The standard InChI is InChI=1S/C20H23N3/c1-2-9-15-23(14-8-1)19(16-10-4-3-5-11-16)20-21-17-12-6-7-13-18(17)22-20/h3-7,10-13,19H,1-2,8-9,14-15H2,(H,21,22). The molecule has 0 amide bonds. The third-order valence-electron chi connectivity index (χ3n) is 4.79. The lowest BCUT2D eigenvalue weighted by molar-refractivity contribution is 0.228. The maximum Gasteiger partial charge on any atom is 0.129 e. The molecule has 0 saturated carbocycles. The fourth-order valence-corrected chi connectivity index (χ4v) is 3.63. The highest BCUT2D eigenvalue weighted by Crippen LogP contribution is 2.30. The van der Waals surface area contributed by atoms with Gasteiger partial charge in [-0.2, -0.15) is 0 Å². The zero-order chi connectivity index (χ0) is 15.5. The van der Waals surface area contributed by atoms with Gasteiger partial charge in [-0.05, 0) is 43.6 Å². The van der Waals surface area contributed by atoms with Gasteiger partial charge in [-0.15, -0.1) is 0 Å². The molecule has 3 heteroatoms. The summed E-state index contributed by atoms with van der Waals surface area (Å²) in [5.74, 6) is 1.07. The molecule has 1 saturated heterocycles. The molecule has 1 aromatic heterocycles. The first kappa shape index (κ1) is 14.5. The van der Waals surface area contributed by atoms with Gasteiger partial charge >= 0.3 is 0 Å². The van der Waals surface area contributed by atoms with Crippen LogP contribution in [0.3, 0.4) is 0 Å². The number of likely N-dealkylation sites (tertiary alicyclic amines) is 1. The van der Waals surface area contributed by atoms with E-state index in [1.807, 2.05) is 0 Å². The van der Waals surface area contributed by atoms with E-state index < -0.39 is 0 Å². The average Bonchev–Trinajstić information content (AvgIpc) is 2.83. The van der Waals surface area contributed by atoms with Crippen LogP contribution in [0.4, 0.5) is 0 Å². The van der Waals surface area contributed by atoms with E-state index in [0.29, 0.717) is 0 Å². The second-order valence-corrected chi connectivity index (χ2v) is 6.40. The van der Waals surface area contributed by atoms with Gasteiger partial charge < -0.3 is 4.98 Å². The minimum absolute atomic E-state index is 0.224. The van der Waals surface area contributed by atoms with Crippen molar-refractivity contribution in [1.29, 1.82) is 0 Å². The summed E-state index contributed by atoms with van der Waals surface area (Å²) in [6, 6.07) is 19.3. The van der Waals surface area contributed by atoms with Gasteiger partial charge in [0.1, 0.15) is 5.82 Å². The topological polar surface area (TPSA) is 31.9 Å². The molecule has 0 bridgehead atoms. The monoisotopic (exact) mass is 305 g/mol. The van der Waals surface area contributed by atoms with E-state index in [-0.39, 0.29) is 6.04 Å². The Labute approximate surface area is 137 Å². The third kappa shape index (κ3) is 3.02. The second-order valence-electron chi connectivity index (χ2n) is 6.40. The molecule has 3 nitrogen and oxygen atoms in total. The Balaban J connectivity index is 1.77. The summed E-state index contributed by atoms with van der Waals surface area (Å²) < 4.78 is 0. The Morgan fingerprint density at radius 2 is 1.52 bits per heavy atom. The van der Waals surface area contributed by atoms with Gasteiger partial charge in [-0.3, -0.25) is 4.90 Å². The van der Waals surface area contributed by atoms with E-state index in [1.165, 1.54) is 31.2 Å². The van der Waals surface area contributed by atoms with Crippen LogP contribution in [-0.2, 0) is 0 Å². The van der Waals surface area contributed by atoms with E-state index in [4.69, 9.17) is 4.98 Å². The summed E-state index contributed by atoms with van der Waals surface area (Å²) in [6.45, 7) is 2.30. The number of aromatic amines is 1. The number of hydrogen-bond donors (Lipinski definition) is 1. The second kappa shape index (κ2) is 6.55. The quantitative estimate of drug-likeness (QED) is 0.771. The minimum Gasteiger partial charge on any atom is -0.340 e. The summed E-state index contributed by atoms with van der Waals surface area (Å²) in [4.78, 5) is 11.1. The van der Waals surface area contributed by atoms with Gasteiger partial charge in [0, 0.05) is 0 Å². The number of nitrogens with zero attached hydrogens (tertiary/aromatic N) is 2. The SMILES string of the molecule is c1ccc(C(c2nc3ccccc3[nH]2)N2CCCCCC2)cc1. The zero-order valence-corrected chi connectivity index (χ0v) is 13.4. The smallest absolute Gasteiger partial charge is 0.129 e. The molecule has 23 heavy (non-hydrogen) atoms. The summed E-state index contributed by atoms with van der Waals surface area (Å²) in [7, 11) is 0. The maximum atomic E-state index is 4.90. The highest BCUT2D eigenvalue weighted by molar-refractivity contribution is 5.75. The van der Waals surface area contributed by atoms with Crippen LogP contribution >= 0.6 is 0 Å². The van der Waals surface area contributed by atoms with Crippen molar-refractivity contribution < 1.29 is 0 Å². The molecule has 2 aromatic carbocycles. The lowest BCUT2D eigenvalue weighted by Gasteiger charge is -2.29. The molecule has 0 radical (unpaired) electrons. The summed E-state index contributed by atoms with van der Waals surface area (Å²) in [5.41, 5.74) is 3.50. The van der Waals surface area contributed by atoms with Crippen LogP contribution in [0.2, 0.25) is 0 Å². The Morgan fingerprint density at radius 3 is 2.26 bits per heavy atom. The number of para-hydroxylation sites is 2. The molecule has 1 unspecified atom stereocenters. The molecular weight excluding hydrogens is 282 g/mol. The molecule has 0 aliphatic carbocycles. The highest BCUT2D eigenvalue weighted by atomic mass is 15.2. The Hall–Kier alpha value is -2.13. The van der Waals surface area contributed by atoms with Gasteiger partial charge in [0.25, 0.3) is 0 Å². The fraction of sp³-hybridized carbons (Fsp3) is 0.350. The van der Waals surface area contributed by atoms with E-state index in [0.717, 1.165) is 29.9 Å².